The Morgan fingerprint density at radius 1 is 0.542 bits per heavy atom. The van der Waals surface area contributed by atoms with Gasteiger partial charge in [0, 0.05) is 18.4 Å². The summed E-state index contributed by atoms with van der Waals surface area (Å²) in [6.45, 7) is 0.873. The molecule has 0 atom stereocenters. The maximum Gasteiger partial charge on any atom is 0.0489 e. The molecular weight excluding hydrogens is 290 g/mol. The van der Waals surface area contributed by atoms with Gasteiger partial charge in [0.15, 0.2) is 0 Å². The molecule has 0 aliphatic carbocycles. The lowest BCUT2D eigenvalue weighted by Crippen LogP contribution is -1.99. The van der Waals surface area contributed by atoms with E-state index in [0.29, 0.717) is 0 Å². The lowest BCUT2D eigenvalue weighted by molar-refractivity contribution is 0.815. The highest BCUT2D eigenvalue weighted by Gasteiger charge is 2.09. The van der Waals surface area contributed by atoms with Crippen LogP contribution in [0.25, 0.3) is 22.4 Å². The Labute approximate surface area is 142 Å². The summed E-state index contributed by atoms with van der Waals surface area (Å²) in [6.07, 6.45) is 2.25. The highest BCUT2D eigenvalue weighted by atomic mass is 15.0. The fraction of sp³-hybridized carbons (Fsp3) is 0.0435. The number of hydrogen-bond donors (Lipinski definition) is 0. The minimum Gasteiger partial charge on any atom is -0.342 e. The molecule has 0 N–H and O–H groups in total. The zero-order valence-corrected chi connectivity index (χ0v) is 13.5. The Hall–Kier alpha value is -3.06. The molecule has 0 aliphatic rings. The summed E-state index contributed by atoms with van der Waals surface area (Å²) in [5.74, 6) is 0. The molecule has 0 spiro atoms. The summed E-state index contributed by atoms with van der Waals surface area (Å²) in [4.78, 5) is 0. The van der Waals surface area contributed by atoms with E-state index in [9.17, 15) is 0 Å². The van der Waals surface area contributed by atoms with E-state index in [1.54, 1.807) is 0 Å². The minimum atomic E-state index is 0.873. The van der Waals surface area contributed by atoms with Crippen LogP contribution in [0.1, 0.15) is 5.56 Å². The van der Waals surface area contributed by atoms with Crippen LogP contribution in [0.5, 0.6) is 0 Å². The van der Waals surface area contributed by atoms with Crippen LogP contribution in [0, 0.1) is 0 Å². The van der Waals surface area contributed by atoms with Crippen LogP contribution < -0.4 is 0 Å². The Balaban J connectivity index is 1.80. The molecule has 3 aromatic carbocycles. The number of hydrogen-bond acceptors (Lipinski definition) is 0. The summed E-state index contributed by atoms with van der Waals surface area (Å²) in [7, 11) is 0. The second kappa shape index (κ2) is 6.59. The Morgan fingerprint density at radius 3 is 1.71 bits per heavy atom. The van der Waals surface area contributed by atoms with E-state index in [1.165, 1.54) is 27.9 Å². The number of aromatic nitrogens is 1. The van der Waals surface area contributed by atoms with Crippen molar-refractivity contribution in [3.05, 3.63) is 109 Å². The van der Waals surface area contributed by atoms with Crippen LogP contribution in [0.2, 0.25) is 0 Å². The van der Waals surface area contributed by atoms with Gasteiger partial charge in [-0.3, -0.25) is 0 Å². The SMILES string of the molecule is c1ccc(Cn2cc(-c3ccccc3)cc2-c2ccccc2)cc1. The van der Waals surface area contributed by atoms with Gasteiger partial charge in [0.2, 0.25) is 0 Å². The molecule has 1 aromatic heterocycles. The standard InChI is InChI=1S/C23H19N/c1-4-10-19(11-5-1)17-24-18-22(20-12-6-2-7-13-20)16-23(24)21-14-8-3-9-15-21/h1-16,18H,17H2. The van der Waals surface area contributed by atoms with E-state index in [2.05, 4.69) is 108 Å². The number of benzene rings is 3. The van der Waals surface area contributed by atoms with Crippen molar-refractivity contribution in [3.63, 3.8) is 0 Å². The summed E-state index contributed by atoms with van der Waals surface area (Å²) >= 11 is 0. The molecule has 1 heterocycles. The predicted octanol–water partition coefficient (Wildman–Crippen LogP) is 5.87. The normalized spacial score (nSPS) is 10.7. The summed E-state index contributed by atoms with van der Waals surface area (Å²) in [5.41, 5.74) is 6.31. The fourth-order valence-corrected chi connectivity index (χ4v) is 3.06. The smallest absolute Gasteiger partial charge is 0.0489 e. The van der Waals surface area contributed by atoms with Crippen LogP contribution in [-0.2, 0) is 6.54 Å². The van der Waals surface area contributed by atoms with E-state index in [1.807, 2.05) is 0 Å². The minimum absolute atomic E-state index is 0.873. The number of rotatable bonds is 4. The highest BCUT2D eigenvalue weighted by molar-refractivity contribution is 5.72. The van der Waals surface area contributed by atoms with Crippen molar-refractivity contribution in [2.24, 2.45) is 0 Å². The zero-order chi connectivity index (χ0) is 16.2. The topological polar surface area (TPSA) is 4.93 Å². The van der Waals surface area contributed by atoms with Gasteiger partial charge >= 0.3 is 0 Å². The van der Waals surface area contributed by atoms with E-state index in [4.69, 9.17) is 0 Å². The van der Waals surface area contributed by atoms with Crippen LogP contribution in [0.15, 0.2) is 103 Å². The van der Waals surface area contributed by atoms with Crippen molar-refractivity contribution in [3.8, 4) is 22.4 Å². The van der Waals surface area contributed by atoms with Gasteiger partial charge in [-0.2, -0.15) is 0 Å². The quantitative estimate of drug-likeness (QED) is 0.444. The maximum absolute atomic E-state index is 2.34. The molecule has 4 aromatic rings. The first-order valence-corrected chi connectivity index (χ1v) is 8.25. The van der Waals surface area contributed by atoms with E-state index >= 15 is 0 Å². The van der Waals surface area contributed by atoms with Crippen LogP contribution >= 0.6 is 0 Å². The molecule has 0 radical (unpaired) electrons. The first kappa shape index (κ1) is 14.5. The van der Waals surface area contributed by atoms with Gasteiger partial charge in [0.25, 0.3) is 0 Å². The van der Waals surface area contributed by atoms with Gasteiger partial charge in [-0.25, -0.2) is 0 Å². The summed E-state index contributed by atoms with van der Waals surface area (Å²) < 4.78 is 2.34. The molecule has 0 saturated heterocycles. The van der Waals surface area contributed by atoms with Crippen LogP contribution in [-0.4, -0.2) is 4.57 Å². The third kappa shape index (κ3) is 3.02. The van der Waals surface area contributed by atoms with Crippen molar-refractivity contribution < 1.29 is 0 Å². The van der Waals surface area contributed by atoms with Crippen LogP contribution in [0.4, 0.5) is 0 Å². The Morgan fingerprint density at radius 2 is 1.08 bits per heavy atom. The zero-order valence-electron chi connectivity index (χ0n) is 13.5. The van der Waals surface area contributed by atoms with E-state index in [0.717, 1.165) is 6.54 Å². The molecule has 24 heavy (non-hydrogen) atoms. The van der Waals surface area contributed by atoms with Gasteiger partial charge in [-0.15, -0.1) is 0 Å². The molecule has 0 aliphatic heterocycles. The second-order valence-electron chi connectivity index (χ2n) is 5.96. The molecule has 0 unspecified atom stereocenters. The third-order valence-corrected chi connectivity index (χ3v) is 4.27. The lowest BCUT2D eigenvalue weighted by atomic mass is 10.1. The van der Waals surface area contributed by atoms with Gasteiger partial charge in [0.05, 0.1) is 0 Å². The van der Waals surface area contributed by atoms with Gasteiger partial charge in [-0.1, -0.05) is 91.0 Å². The molecule has 0 bridgehead atoms. The van der Waals surface area contributed by atoms with Crippen molar-refractivity contribution in [2.45, 2.75) is 6.54 Å². The average Bonchev–Trinajstić information content (AvgIpc) is 3.08. The summed E-state index contributed by atoms with van der Waals surface area (Å²) in [6, 6.07) is 34.1. The number of nitrogens with zero attached hydrogens (tertiary/aromatic N) is 1. The molecule has 0 fully saturated rings. The van der Waals surface area contributed by atoms with Crippen molar-refractivity contribution in [1.29, 1.82) is 0 Å². The molecule has 4 rings (SSSR count). The first-order valence-electron chi connectivity index (χ1n) is 8.25. The van der Waals surface area contributed by atoms with E-state index in [-0.39, 0.29) is 0 Å². The summed E-state index contributed by atoms with van der Waals surface area (Å²) in [5, 5.41) is 0. The van der Waals surface area contributed by atoms with Crippen molar-refractivity contribution in [1.82, 2.24) is 4.57 Å². The first-order chi connectivity index (χ1) is 11.9. The maximum atomic E-state index is 2.34. The highest BCUT2D eigenvalue weighted by Crippen LogP contribution is 2.29. The van der Waals surface area contributed by atoms with Crippen LogP contribution in [0.3, 0.4) is 0 Å². The molecule has 1 nitrogen and oxygen atoms in total. The molecule has 116 valence electrons. The van der Waals surface area contributed by atoms with E-state index < -0.39 is 0 Å². The Kier molecular flexibility index (Phi) is 3.99. The van der Waals surface area contributed by atoms with Gasteiger partial charge in [-0.05, 0) is 28.3 Å². The monoisotopic (exact) mass is 309 g/mol. The molecule has 1 heteroatoms. The Bertz CT molecular complexity index is 906. The van der Waals surface area contributed by atoms with Crippen molar-refractivity contribution in [2.75, 3.05) is 0 Å². The van der Waals surface area contributed by atoms with Gasteiger partial charge < -0.3 is 4.57 Å². The predicted molar refractivity (Wildman–Crippen MR) is 101 cm³/mol. The second-order valence-corrected chi connectivity index (χ2v) is 5.96. The molecule has 0 saturated carbocycles. The average molecular weight is 309 g/mol. The molecular formula is C23H19N. The largest absolute Gasteiger partial charge is 0.342 e. The third-order valence-electron chi connectivity index (χ3n) is 4.27. The van der Waals surface area contributed by atoms with Gasteiger partial charge in [0.1, 0.15) is 0 Å². The van der Waals surface area contributed by atoms with Crippen molar-refractivity contribution >= 4 is 0 Å². The molecule has 0 amide bonds. The fourth-order valence-electron chi connectivity index (χ4n) is 3.06. The lowest BCUT2D eigenvalue weighted by Gasteiger charge is -2.09.